The van der Waals surface area contributed by atoms with Crippen LogP contribution in [0.25, 0.3) is 0 Å². The SMILES string of the molecule is CN(Cc1ccccc1)C(CN)c1ccc(F)cc1Cl. The first-order valence-electron chi connectivity index (χ1n) is 6.51. The Morgan fingerprint density at radius 2 is 1.90 bits per heavy atom. The van der Waals surface area contributed by atoms with Crippen molar-refractivity contribution in [1.29, 1.82) is 0 Å². The van der Waals surface area contributed by atoms with E-state index in [-0.39, 0.29) is 11.9 Å². The number of nitrogens with zero attached hydrogens (tertiary/aromatic N) is 1. The molecule has 106 valence electrons. The van der Waals surface area contributed by atoms with Crippen molar-refractivity contribution in [2.24, 2.45) is 5.73 Å². The summed E-state index contributed by atoms with van der Waals surface area (Å²) in [4.78, 5) is 2.12. The molecular weight excluding hydrogens is 275 g/mol. The molecule has 2 aromatic rings. The van der Waals surface area contributed by atoms with Crippen LogP contribution in [0.15, 0.2) is 48.5 Å². The zero-order chi connectivity index (χ0) is 14.5. The molecule has 0 amide bonds. The van der Waals surface area contributed by atoms with Crippen LogP contribution in [0.1, 0.15) is 17.2 Å². The van der Waals surface area contributed by atoms with E-state index in [2.05, 4.69) is 17.0 Å². The minimum atomic E-state index is -0.333. The van der Waals surface area contributed by atoms with Gasteiger partial charge in [-0.3, -0.25) is 4.90 Å². The van der Waals surface area contributed by atoms with Gasteiger partial charge >= 0.3 is 0 Å². The molecule has 2 nitrogen and oxygen atoms in total. The Hall–Kier alpha value is -1.42. The quantitative estimate of drug-likeness (QED) is 0.912. The Morgan fingerprint density at radius 3 is 2.50 bits per heavy atom. The second-order valence-corrected chi connectivity index (χ2v) is 5.23. The van der Waals surface area contributed by atoms with E-state index in [1.54, 1.807) is 6.07 Å². The molecule has 0 aliphatic heterocycles. The first-order valence-corrected chi connectivity index (χ1v) is 6.89. The summed E-state index contributed by atoms with van der Waals surface area (Å²) in [7, 11) is 1.99. The van der Waals surface area contributed by atoms with Crippen LogP contribution in [-0.4, -0.2) is 18.5 Å². The third kappa shape index (κ3) is 3.57. The number of halogens is 2. The van der Waals surface area contributed by atoms with Crippen molar-refractivity contribution >= 4 is 11.6 Å². The zero-order valence-electron chi connectivity index (χ0n) is 11.4. The van der Waals surface area contributed by atoms with E-state index in [0.717, 1.165) is 12.1 Å². The molecular formula is C16H18ClFN2. The Labute approximate surface area is 124 Å². The van der Waals surface area contributed by atoms with Crippen LogP contribution in [0.3, 0.4) is 0 Å². The number of rotatable bonds is 5. The molecule has 0 spiro atoms. The van der Waals surface area contributed by atoms with Gasteiger partial charge in [0.15, 0.2) is 0 Å². The molecule has 0 aromatic heterocycles. The van der Waals surface area contributed by atoms with Gasteiger partial charge in [0.2, 0.25) is 0 Å². The fraction of sp³-hybridized carbons (Fsp3) is 0.250. The Balaban J connectivity index is 2.19. The molecule has 0 aliphatic rings. The molecule has 0 heterocycles. The third-order valence-corrected chi connectivity index (χ3v) is 3.68. The van der Waals surface area contributed by atoms with Gasteiger partial charge in [0, 0.05) is 24.2 Å². The van der Waals surface area contributed by atoms with Crippen molar-refractivity contribution in [3.8, 4) is 0 Å². The molecule has 0 radical (unpaired) electrons. The predicted molar refractivity (Wildman–Crippen MR) is 81.1 cm³/mol. The lowest BCUT2D eigenvalue weighted by Crippen LogP contribution is -2.30. The lowest BCUT2D eigenvalue weighted by Gasteiger charge is -2.28. The molecule has 4 heteroatoms. The average Bonchev–Trinajstić information content (AvgIpc) is 2.43. The highest BCUT2D eigenvalue weighted by atomic mass is 35.5. The first-order chi connectivity index (χ1) is 9.61. The van der Waals surface area contributed by atoms with Gasteiger partial charge < -0.3 is 5.73 Å². The molecule has 0 aliphatic carbocycles. The van der Waals surface area contributed by atoms with Crippen LogP contribution in [0.5, 0.6) is 0 Å². The molecule has 20 heavy (non-hydrogen) atoms. The van der Waals surface area contributed by atoms with Crippen LogP contribution >= 0.6 is 11.6 Å². The van der Waals surface area contributed by atoms with Gasteiger partial charge in [-0.15, -0.1) is 0 Å². The fourth-order valence-electron chi connectivity index (χ4n) is 2.30. The molecule has 1 unspecified atom stereocenters. The largest absolute Gasteiger partial charge is 0.329 e. The molecule has 0 bridgehead atoms. The minimum Gasteiger partial charge on any atom is -0.329 e. The standard InChI is InChI=1S/C16H18ClFN2/c1-20(11-12-5-3-2-4-6-12)16(10-19)14-8-7-13(18)9-15(14)17/h2-9,16H,10-11,19H2,1H3. The summed E-state index contributed by atoms with van der Waals surface area (Å²) in [6, 6.07) is 14.5. The monoisotopic (exact) mass is 292 g/mol. The average molecular weight is 293 g/mol. The Bertz CT molecular complexity index is 560. The highest BCUT2D eigenvalue weighted by Gasteiger charge is 2.18. The lowest BCUT2D eigenvalue weighted by atomic mass is 10.0. The summed E-state index contributed by atoms with van der Waals surface area (Å²) < 4.78 is 13.1. The van der Waals surface area contributed by atoms with E-state index in [1.807, 2.05) is 25.2 Å². The Morgan fingerprint density at radius 1 is 1.20 bits per heavy atom. The molecule has 2 aromatic carbocycles. The van der Waals surface area contributed by atoms with Gasteiger partial charge in [-0.05, 0) is 30.3 Å². The van der Waals surface area contributed by atoms with Gasteiger partial charge in [0.1, 0.15) is 5.82 Å². The maximum absolute atomic E-state index is 13.1. The fourth-order valence-corrected chi connectivity index (χ4v) is 2.59. The van der Waals surface area contributed by atoms with E-state index < -0.39 is 0 Å². The van der Waals surface area contributed by atoms with Crippen LogP contribution in [-0.2, 0) is 6.54 Å². The molecule has 0 saturated heterocycles. The smallest absolute Gasteiger partial charge is 0.124 e. The van der Waals surface area contributed by atoms with E-state index in [4.69, 9.17) is 17.3 Å². The normalized spacial score (nSPS) is 12.7. The molecule has 2 N–H and O–H groups in total. The van der Waals surface area contributed by atoms with Crippen molar-refractivity contribution in [2.75, 3.05) is 13.6 Å². The van der Waals surface area contributed by atoms with Gasteiger partial charge in [-0.2, -0.15) is 0 Å². The summed E-state index contributed by atoms with van der Waals surface area (Å²) in [5, 5.41) is 0.417. The van der Waals surface area contributed by atoms with Crippen molar-refractivity contribution < 1.29 is 4.39 Å². The molecule has 0 saturated carbocycles. The second kappa shape index (κ2) is 6.84. The van der Waals surface area contributed by atoms with E-state index in [0.29, 0.717) is 11.6 Å². The van der Waals surface area contributed by atoms with Gasteiger partial charge in [-0.1, -0.05) is 48.0 Å². The predicted octanol–water partition coefficient (Wildman–Crippen LogP) is 3.61. The van der Waals surface area contributed by atoms with Crippen LogP contribution in [0.2, 0.25) is 5.02 Å². The number of hydrogen-bond donors (Lipinski definition) is 1. The van der Waals surface area contributed by atoms with Gasteiger partial charge in [0.05, 0.1) is 0 Å². The summed E-state index contributed by atoms with van der Waals surface area (Å²) in [6.07, 6.45) is 0. The van der Waals surface area contributed by atoms with Crippen molar-refractivity contribution in [2.45, 2.75) is 12.6 Å². The molecule has 0 fully saturated rings. The number of likely N-dealkylation sites (N-methyl/N-ethyl adjacent to an activating group) is 1. The topological polar surface area (TPSA) is 29.3 Å². The van der Waals surface area contributed by atoms with Crippen LogP contribution in [0.4, 0.5) is 4.39 Å². The van der Waals surface area contributed by atoms with Crippen LogP contribution < -0.4 is 5.73 Å². The first kappa shape index (κ1) is 15.0. The lowest BCUT2D eigenvalue weighted by molar-refractivity contribution is 0.242. The van der Waals surface area contributed by atoms with Gasteiger partial charge in [-0.25, -0.2) is 4.39 Å². The Kier molecular flexibility index (Phi) is 5.12. The van der Waals surface area contributed by atoms with Crippen molar-refractivity contribution in [3.63, 3.8) is 0 Å². The number of benzene rings is 2. The highest BCUT2D eigenvalue weighted by Crippen LogP contribution is 2.27. The van der Waals surface area contributed by atoms with E-state index >= 15 is 0 Å². The number of hydrogen-bond acceptors (Lipinski definition) is 2. The van der Waals surface area contributed by atoms with Crippen molar-refractivity contribution in [3.05, 3.63) is 70.5 Å². The maximum atomic E-state index is 13.1. The molecule has 2 rings (SSSR count). The van der Waals surface area contributed by atoms with E-state index in [9.17, 15) is 4.39 Å². The summed E-state index contributed by atoms with van der Waals surface area (Å²) >= 11 is 6.13. The maximum Gasteiger partial charge on any atom is 0.124 e. The summed E-state index contributed by atoms with van der Waals surface area (Å²) in [5.41, 5.74) is 7.93. The van der Waals surface area contributed by atoms with Crippen molar-refractivity contribution in [1.82, 2.24) is 4.90 Å². The van der Waals surface area contributed by atoms with E-state index in [1.165, 1.54) is 17.7 Å². The second-order valence-electron chi connectivity index (χ2n) is 4.82. The van der Waals surface area contributed by atoms with Gasteiger partial charge in [0.25, 0.3) is 0 Å². The highest BCUT2D eigenvalue weighted by molar-refractivity contribution is 6.31. The third-order valence-electron chi connectivity index (χ3n) is 3.35. The summed E-state index contributed by atoms with van der Waals surface area (Å²) in [5.74, 6) is -0.333. The molecule has 1 atom stereocenters. The number of nitrogens with two attached hydrogens (primary N) is 1. The minimum absolute atomic E-state index is 0.0386. The van der Waals surface area contributed by atoms with Crippen LogP contribution in [0, 0.1) is 5.82 Å². The summed E-state index contributed by atoms with van der Waals surface area (Å²) in [6.45, 7) is 1.19. The zero-order valence-corrected chi connectivity index (χ0v) is 12.1.